The molecule has 6 heteroatoms. The quantitative estimate of drug-likeness (QED) is 0.702. The molecule has 0 fully saturated rings. The number of nitrogens with two attached hydrogens (primary N) is 1. The van der Waals surface area contributed by atoms with E-state index in [1.54, 1.807) is 0 Å². The molecule has 1 rings (SSSR count). The molecule has 2 amide bonds. The average Bonchev–Trinajstić information content (AvgIpc) is 2.38. The van der Waals surface area contributed by atoms with Crippen LogP contribution in [0.1, 0.15) is 5.56 Å². The number of carbonyl (C=O) groups is 2. The number of benzene rings is 1. The summed E-state index contributed by atoms with van der Waals surface area (Å²) in [7, 11) is 3.91. The van der Waals surface area contributed by atoms with E-state index in [0.717, 1.165) is 16.9 Å². The highest BCUT2D eigenvalue weighted by molar-refractivity contribution is 5.95. The summed E-state index contributed by atoms with van der Waals surface area (Å²) in [5.41, 5.74) is 7.89. The van der Waals surface area contributed by atoms with Crippen molar-refractivity contribution in [2.24, 2.45) is 5.73 Å². The van der Waals surface area contributed by atoms with Crippen LogP contribution in [0.5, 0.6) is 0 Å². The second-order valence-electron chi connectivity index (χ2n) is 4.42. The lowest BCUT2D eigenvalue weighted by atomic mass is 10.1. The lowest BCUT2D eigenvalue weighted by Gasteiger charge is -2.15. The van der Waals surface area contributed by atoms with Gasteiger partial charge in [0.1, 0.15) is 0 Å². The number of hydrogen-bond donors (Lipinski definition) is 3. The number of amides is 2. The van der Waals surface area contributed by atoms with Crippen LogP contribution < -0.4 is 21.3 Å². The molecule has 19 heavy (non-hydrogen) atoms. The van der Waals surface area contributed by atoms with Gasteiger partial charge in [-0.25, -0.2) is 0 Å². The van der Waals surface area contributed by atoms with Gasteiger partial charge in [-0.15, -0.1) is 0 Å². The van der Waals surface area contributed by atoms with Crippen molar-refractivity contribution in [3.63, 3.8) is 0 Å². The van der Waals surface area contributed by atoms with E-state index in [-0.39, 0.29) is 24.9 Å². The molecule has 1 aromatic carbocycles. The molecule has 0 unspecified atom stereocenters. The van der Waals surface area contributed by atoms with Crippen LogP contribution in [0.3, 0.4) is 0 Å². The van der Waals surface area contributed by atoms with E-state index >= 15 is 0 Å². The molecule has 0 atom stereocenters. The van der Waals surface area contributed by atoms with Crippen molar-refractivity contribution < 1.29 is 9.59 Å². The fourth-order valence-electron chi connectivity index (χ4n) is 1.51. The molecular formula is C13H20N4O2. The highest BCUT2D eigenvalue weighted by atomic mass is 16.2. The first-order valence-corrected chi connectivity index (χ1v) is 5.98. The second-order valence-corrected chi connectivity index (χ2v) is 4.42. The number of nitrogens with one attached hydrogen (secondary N) is 2. The Hall–Kier alpha value is -2.08. The summed E-state index contributed by atoms with van der Waals surface area (Å²) in [6.07, 6.45) is 0. The lowest BCUT2D eigenvalue weighted by Crippen LogP contribution is -2.36. The Morgan fingerprint density at radius 2 is 1.95 bits per heavy atom. The van der Waals surface area contributed by atoms with Crippen LogP contribution in [-0.2, 0) is 9.59 Å². The zero-order chi connectivity index (χ0) is 14.4. The molecule has 4 N–H and O–H groups in total. The van der Waals surface area contributed by atoms with Gasteiger partial charge in [-0.3, -0.25) is 9.59 Å². The highest BCUT2D eigenvalue weighted by Crippen LogP contribution is 2.21. The summed E-state index contributed by atoms with van der Waals surface area (Å²) in [4.78, 5) is 24.5. The topological polar surface area (TPSA) is 87.5 Å². The largest absolute Gasteiger partial charge is 0.378 e. The Morgan fingerprint density at radius 3 is 2.47 bits per heavy atom. The first-order chi connectivity index (χ1) is 8.93. The first-order valence-electron chi connectivity index (χ1n) is 5.98. The third-order valence-electron chi connectivity index (χ3n) is 2.63. The average molecular weight is 264 g/mol. The van der Waals surface area contributed by atoms with E-state index in [9.17, 15) is 9.59 Å². The molecule has 0 heterocycles. The van der Waals surface area contributed by atoms with Gasteiger partial charge in [0.05, 0.1) is 13.1 Å². The maximum absolute atomic E-state index is 11.6. The summed E-state index contributed by atoms with van der Waals surface area (Å²) in [5, 5.41) is 5.16. The SMILES string of the molecule is Cc1cc(N(C)C)ccc1NC(=O)CNC(=O)CN. The van der Waals surface area contributed by atoms with Crippen LogP contribution in [0.4, 0.5) is 11.4 Å². The Morgan fingerprint density at radius 1 is 1.26 bits per heavy atom. The third-order valence-corrected chi connectivity index (χ3v) is 2.63. The van der Waals surface area contributed by atoms with Gasteiger partial charge >= 0.3 is 0 Å². The van der Waals surface area contributed by atoms with E-state index in [2.05, 4.69) is 10.6 Å². The Balaban J connectivity index is 2.62. The van der Waals surface area contributed by atoms with Crippen molar-refractivity contribution in [3.05, 3.63) is 23.8 Å². The van der Waals surface area contributed by atoms with Crippen LogP contribution in [-0.4, -0.2) is 39.0 Å². The summed E-state index contributed by atoms with van der Waals surface area (Å²) >= 11 is 0. The van der Waals surface area contributed by atoms with Gasteiger partial charge in [-0.1, -0.05) is 0 Å². The normalized spacial score (nSPS) is 9.89. The molecule has 0 saturated heterocycles. The number of aryl methyl sites for hydroxylation is 1. The van der Waals surface area contributed by atoms with Crippen molar-refractivity contribution in [3.8, 4) is 0 Å². The molecule has 0 aromatic heterocycles. The van der Waals surface area contributed by atoms with Crippen molar-refractivity contribution in [2.75, 3.05) is 37.4 Å². The highest BCUT2D eigenvalue weighted by Gasteiger charge is 2.07. The molecule has 0 aliphatic rings. The summed E-state index contributed by atoms with van der Waals surface area (Å²) in [5.74, 6) is -0.627. The number of carbonyl (C=O) groups excluding carboxylic acids is 2. The molecule has 0 aliphatic heterocycles. The molecular weight excluding hydrogens is 244 g/mol. The van der Waals surface area contributed by atoms with E-state index in [4.69, 9.17) is 5.73 Å². The van der Waals surface area contributed by atoms with E-state index < -0.39 is 0 Å². The molecule has 0 radical (unpaired) electrons. The van der Waals surface area contributed by atoms with E-state index in [0.29, 0.717) is 0 Å². The van der Waals surface area contributed by atoms with Crippen LogP contribution in [0.25, 0.3) is 0 Å². The molecule has 0 bridgehead atoms. The minimum atomic E-state index is -0.352. The van der Waals surface area contributed by atoms with Gasteiger partial charge in [-0.2, -0.15) is 0 Å². The van der Waals surface area contributed by atoms with Gasteiger partial charge in [0, 0.05) is 25.5 Å². The van der Waals surface area contributed by atoms with Crippen molar-refractivity contribution in [1.29, 1.82) is 0 Å². The molecule has 0 spiro atoms. The summed E-state index contributed by atoms with van der Waals surface area (Å²) < 4.78 is 0. The second kappa shape index (κ2) is 6.75. The smallest absolute Gasteiger partial charge is 0.243 e. The molecule has 0 saturated carbocycles. The minimum absolute atomic E-state index is 0.0785. The maximum atomic E-state index is 11.6. The first kappa shape index (κ1) is 15.0. The van der Waals surface area contributed by atoms with Gasteiger partial charge in [0.25, 0.3) is 0 Å². The fraction of sp³-hybridized carbons (Fsp3) is 0.385. The predicted octanol–water partition coefficient (Wildman–Crippen LogP) is 0.0744. The van der Waals surface area contributed by atoms with Crippen molar-refractivity contribution in [1.82, 2.24) is 5.32 Å². The number of hydrogen-bond acceptors (Lipinski definition) is 4. The van der Waals surface area contributed by atoms with E-state index in [1.165, 1.54) is 0 Å². The summed E-state index contributed by atoms with van der Waals surface area (Å²) in [6.45, 7) is 1.72. The zero-order valence-corrected chi connectivity index (χ0v) is 11.5. The number of anilines is 2. The van der Waals surface area contributed by atoms with Gasteiger partial charge in [-0.05, 0) is 30.7 Å². The van der Waals surface area contributed by atoms with Crippen LogP contribution in [0, 0.1) is 6.92 Å². The number of rotatable bonds is 5. The van der Waals surface area contributed by atoms with Crippen LogP contribution in [0.2, 0.25) is 0 Å². The maximum Gasteiger partial charge on any atom is 0.243 e. The Bertz CT molecular complexity index is 472. The minimum Gasteiger partial charge on any atom is -0.378 e. The van der Waals surface area contributed by atoms with Crippen molar-refractivity contribution >= 4 is 23.2 Å². The van der Waals surface area contributed by atoms with Crippen LogP contribution in [0.15, 0.2) is 18.2 Å². The Labute approximate surface area is 113 Å². The fourth-order valence-corrected chi connectivity index (χ4v) is 1.51. The third kappa shape index (κ3) is 4.59. The van der Waals surface area contributed by atoms with Crippen LogP contribution >= 0.6 is 0 Å². The molecule has 0 aliphatic carbocycles. The molecule has 1 aromatic rings. The van der Waals surface area contributed by atoms with Gasteiger partial charge in [0.2, 0.25) is 11.8 Å². The lowest BCUT2D eigenvalue weighted by molar-refractivity contribution is -0.123. The van der Waals surface area contributed by atoms with Crippen molar-refractivity contribution in [2.45, 2.75) is 6.92 Å². The predicted molar refractivity (Wildman–Crippen MR) is 76.2 cm³/mol. The molecule has 6 nitrogen and oxygen atoms in total. The van der Waals surface area contributed by atoms with Gasteiger partial charge in [0.15, 0.2) is 0 Å². The summed E-state index contributed by atoms with van der Waals surface area (Å²) in [6, 6.07) is 5.74. The standard InChI is InChI=1S/C13H20N4O2/c1-9-6-10(17(2)3)4-5-11(9)16-13(19)8-15-12(18)7-14/h4-6H,7-8,14H2,1-3H3,(H,15,18)(H,16,19). The Kier molecular flexibility index (Phi) is 5.32. The van der Waals surface area contributed by atoms with Gasteiger partial charge < -0.3 is 21.3 Å². The van der Waals surface area contributed by atoms with E-state index in [1.807, 2.05) is 44.1 Å². The monoisotopic (exact) mass is 264 g/mol. The number of nitrogens with zero attached hydrogens (tertiary/aromatic N) is 1. The zero-order valence-electron chi connectivity index (χ0n) is 11.5. The molecule has 104 valence electrons.